The molecule has 3 saturated carbocycles. The molecule has 4 rings (SSSR count). The van der Waals surface area contributed by atoms with Gasteiger partial charge in [-0.05, 0) is 111 Å². The zero-order valence-corrected chi connectivity index (χ0v) is 16.4. The topological polar surface area (TPSA) is 0 Å². The largest absolute Gasteiger partial charge is 0.207 e. The molecule has 3 aliphatic rings. The molecule has 1 aromatic carbocycles. The van der Waals surface area contributed by atoms with E-state index in [9.17, 15) is 4.39 Å². The molecule has 6 unspecified atom stereocenters. The van der Waals surface area contributed by atoms with Crippen LogP contribution < -0.4 is 0 Å². The Morgan fingerprint density at radius 1 is 0.885 bits per heavy atom. The summed E-state index contributed by atoms with van der Waals surface area (Å²) in [5.41, 5.74) is 1.37. The highest BCUT2D eigenvalue weighted by Crippen LogP contribution is 2.54. The lowest BCUT2D eigenvalue weighted by Crippen LogP contribution is -2.41. The molecule has 6 atom stereocenters. The Labute approximate surface area is 159 Å². The molecular weight excluding hydrogens is 319 g/mol. The molecule has 26 heavy (non-hydrogen) atoms. The highest BCUT2D eigenvalue weighted by atomic mass is 19.1. The zero-order chi connectivity index (χ0) is 17.9. The van der Waals surface area contributed by atoms with Crippen molar-refractivity contribution in [2.24, 2.45) is 29.6 Å². The van der Waals surface area contributed by atoms with Gasteiger partial charge in [-0.3, -0.25) is 0 Å². The van der Waals surface area contributed by atoms with Crippen LogP contribution in [0.25, 0.3) is 0 Å². The summed E-state index contributed by atoms with van der Waals surface area (Å²) in [4.78, 5) is 0. The summed E-state index contributed by atoms with van der Waals surface area (Å²) in [6.45, 7) is 2.27. The van der Waals surface area contributed by atoms with Crippen LogP contribution in [0, 0.1) is 35.4 Å². The minimum atomic E-state index is -0.104. The number of unbranched alkanes of at least 4 members (excludes halogenated alkanes) is 1. The lowest BCUT2D eigenvalue weighted by Gasteiger charge is -2.50. The van der Waals surface area contributed by atoms with Gasteiger partial charge in [-0.15, -0.1) is 0 Å². The van der Waals surface area contributed by atoms with Crippen LogP contribution in [0.2, 0.25) is 0 Å². The van der Waals surface area contributed by atoms with Gasteiger partial charge < -0.3 is 0 Å². The van der Waals surface area contributed by atoms with Crippen molar-refractivity contribution in [3.63, 3.8) is 0 Å². The number of hydrogen-bond acceptors (Lipinski definition) is 0. The van der Waals surface area contributed by atoms with Gasteiger partial charge in [0, 0.05) is 0 Å². The van der Waals surface area contributed by atoms with Crippen LogP contribution in [0.1, 0.15) is 82.6 Å². The van der Waals surface area contributed by atoms with Gasteiger partial charge in [0.15, 0.2) is 0 Å². The minimum Gasteiger partial charge on any atom is -0.207 e. The number of halogens is 1. The maximum absolute atomic E-state index is 13.2. The Bertz CT molecular complexity index is 601. The lowest BCUT2D eigenvalue weighted by atomic mass is 9.55. The van der Waals surface area contributed by atoms with E-state index in [4.69, 9.17) is 0 Å². The van der Waals surface area contributed by atoms with Gasteiger partial charge in [0.25, 0.3) is 0 Å². The SMILES string of the molecule is CCCC=CC1CCC2C(CCC3CC(c4ccc(F)cc4)CCC32)C1. The highest BCUT2D eigenvalue weighted by molar-refractivity contribution is 5.21. The van der Waals surface area contributed by atoms with Crippen LogP contribution in [0.15, 0.2) is 36.4 Å². The van der Waals surface area contributed by atoms with Crippen molar-refractivity contribution in [2.45, 2.75) is 77.0 Å². The van der Waals surface area contributed by atoms with Gasteiger partial charge in [-0.1, -0.05) is 37.6 Å². The van der Waals surface area contributed by atoms with Crippen LogP contribution in [0.4, 0.5) is 4.39 Å². The van der Waals surface area contributed by atoms with Gasteiger partial charge in [0.2, 0.25) is 0 Å². The highest BCUT2D eigenvalue weighted by Gasteiger charge is 2.44. The minimum absolute atomic E-state index is 0.104. The molecule has 142 valence electrons. The second-order valence-electron chi connectivity index (χ2n) is 9.28. The molecule has 0 heterocycles. The molecule has 0 aliphatic heterocycles. The molecule has 1 aromatic rings. The monoisotopic (exact) mass is 354 g/mol. The van der Waals surface area contributed by atoms with Crippen molar-refractivity contribution < 1.29 is 4.39 Å². The number of rotatable bonds is 4. The van der Waals surface area contributed by atoms with E-state index in [1.165, 1.54) is 69.8 Å². The summed E-state index contributed by atoms with van der Waals surface area (Å²) in [7, 11) is 0. The van der Waals surface area contributed by atoms with Crippen LogP contribution in [0.5, 0.6) is 0 Å². The summed E-state index contributed by atoms with van der Waals surface area (Å²) in [5, 5.41) is 0. The first-order chi connectivity index (χ1) is 12.7. The molecule has 0 N–H and O–H groups in total. The van der Waals surface area contributed by atoms with E-state index in [1.807, 2.05) is 12.1 Å². The van der Waals surface area contributed by atoms with Gasteiger partial charge in [0.1, 0.15) is 5.82 Å². The molecule has 3 aliphatic carbocycles. The van der Waals surface area contributed by atoms with E-state index in [-0.39, 0.29) is 5.82 Å². The zero-order valence-electron chi connectivity index (χ0n) is 16.4. The normalized spacial score (nSPS) is 37.3. The standard InChI is InChI=1S/C25H35F/c1-2-3-4-5-18-6-14-24-21(16-18)7-8-22-17-20(11-15-25(22)24)19-9-12-23(26)13-10-19/h4-5,9-10,12-13,18,20-22,24-25H,2-3,6-8,11,14-17H2,1H3. The van der Waals surface area contributed by atoms with Crippen molar-refractivity contribution in [1.29, 1.82) is 0 Å². The second-order valence-corrected chi connectivity index (χ2v) is 9.28. The maximum Gasteiger partial charge on any atom is 0.123 e. The number of benzene rings is 1. The Hall–Kier alpha value is -1.11. The molecule has 0 radical (unpaired) electrons. The average molecular weight is 355 g/mol. The summed E-state index contributed by atoms with van der Waals surface area (Å²) < 4.78 is 13.2. The van der Waals surface area contributed by atoms with Crippen molar-refractivity contribution in [2.75, 3.05) is 0 Å². The molecule has 0 bridgehead atoms. The first-order valence-corrected chi connectivity index (χ1v) is 11.2. The second kappa shape index (κ2) is 8.28. The Balaban J connectivity index is 1.36. The molecule has 0 spiro atoms. The fourth-order valence-corrected chi connectivity index (χ4v) is 6.50. The lowest BCUT2D eigenvalue weighted by molar-refractivity contribution is 0.0127. The smallest absolute Gasteiger partial charge is 0.123 e. The van der Waals surface area contributed by atoms with Crippen molar-refractivity contribution in [3.8, 4) is 0 Å². The number of fused-ring (bicyclic) bond motifs is 3. The van der Waals surface area contributed by atoms with Gasteiger partial charge in [-0.2, -0.15) is 0 Å². The van der Waals surface area contributed by atoms with E-state index in [1.54, 1.807) is 12.1 Å². The summed E-state index contributed by atoms with van der Waals surface area (Å²) in [5.74, 6) is 5.31. The Morgan fingerprint density at radius 3 is 2.31 bits per heavy atom. The summed E-state index contributed by atoms with van der Waals surface area (Å²) in [6.07, 6.45) is 18.8. The van der Waals surface area contributed by atoms with Gasteiger partial charge in [-0.25, -0.2) is 4.39 Å². The fourth-order valence-electron chi connectivity index (χ4n) is 6.50. The fraction of sp³-hybridized carbons (Fsp3) is 0.680. The maximum atomic E-state index is 13.2. The van der Waals surface area contributed by atoms with Crippen LogP contribution in [0.3, 0.4) is 0 Å². The van der Waals surface area contributed by atoms with Gasteiger partial charge in [0.05, 0.1) is 0 Å². The predicted molar refractivity (Wildman–Crippen MR) is 108 cm³/mol. The third-order valence-electron chi connectivity index (χ3n) is 7.79. The molecule has 0 saturated heterocycles. The van der Waals surface area contributed by atoms with Crippen molar-refractivity contribution >= 4 is 0 Å². The third-order valence-corrected chi connectivity index (χ3v) is 7.79. The van der Waals surface area contributed by atoms with E-state index in [0.29, 0.717) is 5.92 Å². The summed E-state index contributed by atoms with van der Waals surface area (Å²) in [6, 6.07) is 7.34. The molecule has 0 nitrogen and oxygen atoms in total. The Morgan fingerprint density at radius 2 is 1.58 bits per heavy atom. The summed E-state index contributed by atoms with van der Waals surface area (Å²) >= 11 is 0. The van der Waals surface area contributed by atoms with Crippen molar-refractivity contribution in [3.05, 3.63) is 47.8 Å². The molecular formula is C25H35F. The van der Waals surface area contributed by atoms with E-state index >= 15 is 0 Å². The van der Waals surface area contributed by atoms with Crippen LogP contribution in [-0.2, 0) is 0 Å². The van der Waals surface area contributed by atoms with Crippen LogP contribution in [-0.4, -0.2) is 0 Å². The molecule has 3 fully saturated rings. The van der Waals surface area contributed by atoms with Crippen LogP contribution >= 0.6 is 0 Å². The predicted octanol–water partition coefficient (Wildman–Crippen LogP) is 7.51. The number of hydrogen-bond donors (Lipinski definition) is 0. The van der Waals surface area contributed by atoms with Gasteiger partial charge >= 0.3 is 0 Å². The average Bonchev–Trinajstić information content (AvgIpc) is 2.68. The van der Waals surface area contributed by atoms with E-state index < -0.39 is 0 Å². The van der Waals surface area contributed by atoms with Crippen molar-refractivity contribution in [1.82, 2.24) is 0 Å². The van der Waals surface area contributed by atoms with E-state index in [0.717, 1.165) is 29.6 Å². The first kappa shape index (κ1) is 18.3. The molecule has 0 aromatic heterocycles. The molecule has 1 heteroatoms. The van der Waals surface area contributed by atoms with E-state index in [2.05, 4.69) is 19.1 Å². The Kier molecular flexibility index (Phi) is 5.81. The quantitative estimate of drug-likeness (QED) is 0.491. The number of allylic oxidation sites excluding steroid dienone is 2. The third kappa shape index (κ3) is 3.92. The molecule has 0 amide bonds. The first-order valence-electron chi connectivity index (χ1n) is 11.2.